The number of nitrogens with one attached hydrogen (secondary N) is 1. The van der Waals surface area contributed by atoms with Crippen LogP contribution in [0.2, 0.25) is 0 Å². The van der Waals surface area contributed by atoms with Gasteiger partial charge in [-0.15, -0.1) is 3.89 Å². The van der Waals surface area contributed by atoms with Crippen LogP contribution in [0.4, 0.5) is 17.1 Å². The Morgan fingerprint density at radius 1 is 1.08 bits per heavy atom. The van der Waals surface area contributed by atoms with Gasteiger partial charge in [0.05, 0.1) is 28.1 Å². The monoisotopic (exact) mass is 540 g/mol. The summed E-state index contributed by atoms with van der Waals surface area (Å²) in [6.45, 7) is 0. The van der Waals surface area contributed by atoms with Crippen molar-refractivity contribution in [1.82, 2.24) is 14.5 Å². The molecule has 2 aromatic carbocycles. The van der Waals surface area contributed by atoms with E-state index < -0.39 is 37.9 Å². The molecule has 192 valence electrons. The number of nitriles is 1. The first-order valence-electron chi connectivity index (χ1n) is 11.5. The molecule has 1 aliphatic rings. The van der Waals surface area contributed by atoms with Crippen LogP contribution in [0.25, 0.3) is 44.0 Å². The number of fused-ring (bicyclic) bond motifs is 4. The molecule has 0 atom stereocenters. The van der Waals surface area contributed by atoms with Crippen LogP contribution < -0.4 is 5.43 Å². The number of pyridine rings is 2. The lowest BCUT2D eigenvalue weighted by Gasteiger charge is -2.31. The van der Waals surface area contributed by atoms with Crippen LogP contribution in [0.3, 0.4) is 0 Å². The fraction of sp³-hybridized carbons (Fsp3) is 0.192. The lowest BCUT2D eigenvalue weighted by atomic mass is 9.91. The summed E-state index contributed by atoms with van der Waals surface area (Å²) >= 11 is 0. The van der Waals surface area contributed by atoms with Gasteiger partial charge in [-0.2, -0.15) is 26.9 Å². The van der Waals surface area contributed by atoms with Crippen molar-refractivity contribution < 1.29 is 25.5 Å². The predicted molar refractivity (Wildman–Crippen MR) is 132 cm³/mol. The number of nitrogens with zero attached hydrogens (tertiary/aromatic N) is 3. The summed E-state index contributed by atoms with van der Waals surface area (Å²) in [7, 11) is -5.22. The summed E-state index contributed by atoms with van der Waals surface area (Å²) in [4.78, 5) is 19.7. The highest BCUT2D eigenvalue weighted by molar-refractivity contribution is 7.86. The topological polar surface area (TPSA) is 109 Å². The maximum atomic E-state index is 14.3. The van der Waals surface area contributed by atoms with Gasteiger partial charge in [0.1, 0.15) is 10.5 Å². The van der Waals surface area contributed by atoms with Gasteiger partial charge in [0, 0.05) is 40.3 Å². The third-order valence-electron chi connectivity index (χ3n) is 7.07. The molecule has 1 saturated carbocycles. The minimum atomic E-state index is -5.22. The van der Waals surface area contributed by atoms with E-state index in [-0.39, 0.29) is 27.9 Å². The second-order valence-electron chi connectivity index (χ2n) is 9.26. The second kappa shape index (κ2) is 8.13. The zero-order chi connectivity index (χ0) is 27.0. The van der Waals surface area contributed by atoms with Gasteiger partial charge in [-0.3, -0.25) is 9.78 Å². The van der Waals surface area contributed by atoms with Crippen molar-refractivity contribution in [3.05, 3.63) is 70.1 Å². The van der Waals surface area contributed by atoms with E-state index in [1.165, 1.54) is 12.1 Å². The fourth-order valence-corrected chi connectivity index (χ4v) is 5.54. The second-order valence-corrected chi connectivity index (χ2v) is 10.6. The van der Waals surface area contributed by atoms with Crippen LogP contribution >= 0.6 is 0 Å². The Labute approximate surface area is 212 Å². The van der Waals surface area contributed by atoms with Gasteiger partial charge in [-0.25, -0.2) is 0 Å². The van der Waals surface area contributed by atoms with Crippen molar-refractivity contribution in [2.45, 2.75) is 36.4 Å². The fourth-order valence-electron chi connectivity index (χ4n) is 5.08. The van der Waals surface area contributed by atoms with Crippen molar-refractivity contribution >= 4 is 43.1 Å². The quantitative estimate of drug-likeness (QED) is 0.224. The van der Waals surface area contributed by atoms with Gasteiger partial charge in [0.2, 0.25) is 0 Å². The molecular formula is C26H16F4N4O3S. The third kappa shape index (κ3) is 3.65. The smallest absolute Gasteiger partial charge is 0.340 e. The summed E-state index contributed by atoms with van der Waals surface area (Å²) in [5, 5.41) is 9.83. The van der Waals surface area contributed by atoms with Crippen LogP contribution in [0.1, 0.15) is 36.4 Å². The molecule has 3 aromatic heterocycles. The number of benzene rings is 2. The van der Waals surface area contributed by atoms with Crippen LogP contribution in [0.5, 0.6) is 0 Å². The molecule has 6 rings (SSSR count). The minimum Gasteiger partial charge on any atom is -0.340 e. The molecule has 1 N–H and O–H groups in total. The molecular weight excluding hydrogens is 524 g/mol. The zero-order valence-electron chi connectivity index (χ0n) is 19.3. The van der Waals surface area contributed by atoms with E-state index in [1.54, 1.807) is 16.7 Å². The van der Waals surface area contributed by atoms with Gasteiger partial charge >= 0.3 is 16.4 Å². The van der Waals surface area contributed by atoms with Crippen LogP contribution in [0, 0.1) is 11.3 Å². The molecule has 12 heteroatoms. The highest BCUT2D eigenvalue weighted by Gasteiger charge is 2.36. The Kier molecular flexibility index (Phi) is 5.16. The van der Waals surface area contributed by atoms with Gasteiger partial charge in [0.25, 0.3) is 0 Å². The third-order valence-corrected chi connectivity index (χ3v) is 7.85. The molecule has 0 spiro atoms. The van der Waals surface area contributed by atoms with Crippen LogP contribution in [-0.4, -0.2) is 23.0 Å². The molecule has 0 aliphatic heterocycles. The first-order valence-corrected chi connectivity index (χ1v) is 12.9. The molecule has 38 heavy (non-hydrogen) atoms. The highest BCUT2D eigenvalue weighted by Crippen LogP contribution is 2.43. The van der Waals surface area contributed by atoms with E-state index in [9.17, 15) is 35.5 Å². The lowest BCUT2D eigenvalue weighted by molar-refractivity contribution is -0.137. The standard InChI is InChI=1S/C26H16F4N4O3S/c27-26(28,29)20-8-19-22(9-18(20)14-7-16(12-32-11-14)38(30,36)37)34(15-2-1-3-15)25-23(24(19)35)17-5-4-13(10-31)6-21(17)33-25/h4-9,11-12,15,33H,1-3H2. The molecule has 0 radical (unpaired) electrons. The van der Waals surface area contributed by atoms with E-state index >= 15 is 0 Å². The number of aromatic amines is 1. The zero-order valence-corrected chi connectivity index (χ0v) is 20.1. The van der Waals surface area contributed by atoms with E-state index in [0.29, 0.717) is 28.3 Å². The minimum absolute atomic E-state index is 0.107. The molecule has 1 aliphatic carbocycles. The van der Waals surface area contributed by atoms with Crippen molar-refractivity contribution in [1.29, 1.82) is 5.26 Å². The van der Waals surface area contributed by atoms with Gasteiger partial charge in [-0.1, -0.05) is 6.07 Å². The number of aromatic nitrogens is 3. The lowest BCUT2D eigenvalue weighted by Crippen LogP contribution is -2.22. The van der Waals surface area contributed by atoms with Crippen LogP contribution in [-0.2, 0) is 16.4 Å². The van der Waals surface area contributed by atoms with E-state index in [1.807, 2.05) is 6.07 Å². The molecule has 0 unspecified atom stereocenters. The first-order chi connectivity index (χ1) is 18.0. The van der Waals surface area contributed by atoms with Gasteiger partial charge in [0.15, 0.2) is 5.43 Å². The molecule has 5 aromatic rings. The maximum absolute atomic E-state index is 14.3. The molecule has 0 amide bonds. The molecule has 0 bridgehead atoms. The van der Waals surface area contributed by atoms with E-state index in [0.717, 1.165) is 37.6 Å². The maximum Gasteiger partial charge on any atom is 0.417 e. The molecule has 7 nitrogen and oxygen atoms in total. The number of hydrogen-bond acceptors (Lipinski definition) is 5. The van der Waals surface area contributed by atoms with Crippen molar-refractivity contribution in [3.8, 4) is 17.2 Å². The number of rotatable bonds is 3. The van der Waals surface area contributed by atoms with Crippen molar-refractivity contribution in [3.63, 3.8) is 0 Å². The number of halogens is 4. The van der Waals surface area contributed by atoms with Crippen LogP contribution in [0.15, 0.2) is 58.5 Å². The summed E-state index contributed by atoms with van der Waals surface area (Å²) in [6.07, 6.45) is -0.827. The van der Waals surface area contributed by atoms with Crippen molar-refractivity contribution in [2.24, 2.45) is 0 Å². The SMILES string of the molecule is N#Cc1ccc2c(c1)[nH]c1c2c(=O)c2cc(C(F)(F)F)c(-c3cncc(S(=O)(=O)F)c3)cc2n1C1CCC1. The molecule has 3 heterocycles. The first kappa shape index (κ1) is 24.1. The normalized spacial score (nSPS) is 14.7. The summed E-state index contributed by atoms with van der Waals surface area (Å²) in [6, 6.07) is 9.37. The van der Waals surface area contributed by atoms with Gasteiger partial charge in [-0.05, 0) is 55.2 Å². The predicted octanol–water partition coefficient (Wildman–Crippen LogP) is 5.97. The highest BCUT2D eigenvalue weighted by atomic mass is 32.3. The largest absolute Gasteiger partial charge is 0.417 e. The Morgan fingerprint density at radius 3 is 2.47 bits per heavy atom. The summed E-state index contributed by atoms with van der Waals surface area (Å²) in [5.74, 6) is 0. The van der Waals surface area contributed by atoms with Crippen molar-refractivity contribution in [2.75, 3.05) is 0 Å². The Hall–Kier alpha value is -4.24. The number of H-pyrrole nitrogens is 1. The van der Waals surface area contributed by atoms with E-state index in [2.05, 4.69) is 9.97 Å². The van der Waals surface area contributed by atoms with Gasteiger partial charge < -0.3 is 9.55 Å². The Balaban J connectivity index is 1.78. The summed E-state index contributed by atoms with van der Waals surface area (Å²) < 4.78 is 81.2. The number of hydrogen-bond donors (Lipinski definition) is 1. The average Bonchev–Trinajstić information content (AvgIpc) is 3.22. The Morgan fingerprint density at radius 2 is 1.84 bits per heavy atom. The number of alkyl halides is 3. The average molecular weight is 540 g/mol. The molecule has 0 saturated heterocycles. The molecule has 1 fully saturated rings. The summed E-state index contributed by atoms with van der Waals surface area (Å²) in [5.41, 5.74) is -0.996. The Bertz CT molecular complexity index is 2020. The van der Waals surface area contributed by atoms with E-state index in [4.69, 9.17) is 0 Å².